The van der Waals surface area contributed by atoms with Gasteiger partial charge in [-0.15, -0.1) is 0 Å². The van der Waals surface area contributed by atoms with E-state index in [0.717, 1.165) is 25.7 Å². The number of para-hydroxylation sites is 2. The molecule has 2 aromatic rings. The summed E-state index contributed by atoms with van der Waals surface area (Å²) in [7, 11) is 4.23. The molecule has 154 valence electrons. The zero-order valence-electron chi connectivity index (χ0n) is 16.9. The number of carbonyl (C=O) groups excluding carboxylic acids is 1. The number of nitrogens with one attached hydrogen (secondary N) is 2. The molecule has 0 heterocycles. The molecule has 7 nitrogen and oxygen atoms in total. The molecule has 0 spiro atoms. The van der Waals surface area contributed by atoms with Crippen LogP contribution in [0.2, 0.25) is 0 Å². The van der Waals surface area contributed by atoms with Crippen LogP contribution in [0.25, 0.3) is 0 Å². The highest BCUT2D eigenvalue weighted by Crippen LogP contribution is 2.37. The van der Waals surface area contributed by atoms with Crippen molar-refractivity contribution in [3.8, 4) is 0 Å². The Morgan fingerprint density at radius 1 is 1.03 bits per heavy atom. The van der Waals surface area contributed by atoms with Gasteiger partial charge < -0.3 is 15.5 Å². The number of carbonyl (C=O) groups is 1. The van der Waals surface area contributed by atoms with Crippen LogP contribution < -0.4 is 10.6 Å². The van der Waals surface area contributed by atoms with Crippen LogP contribution in [0.1, 0.15) is 37.3 Å². The van der Waals surface area contributed by atoms with Gasteiger partial charge in [-0.25, -0.2) is 4.79 Å². The van der Waals surface area contributed by atoms with Gasteiger partial charge in [0.05, 0.1) is 4.92 Å². The Bertz CT molecular complexity index is 833. The lowest BCUT2D eigenvalue weighted by Gasteiger charge is -2.37. The average Bonchev–Trinajstić information content (AvgIpc) is 2.70. The van der Waals surface area contributed by atoms with Crippen molar-refractivity contribution in [3.63, 3.8) is 0 Å². The third kappa shape index (κ3) is 5.32. The highest BCUT2D eigenvalue weighted by atomic mass is 16.6. The zero-order valence-corrected chi connectivity index (χ0v) is 16.9. The lowest BCUT2D eigenvalue weighted by atomic mass is 9.79. The number of hydrogen-bond acceptors (Lipinski definition) is 4. The predicted molar refractivity (Wildman–Crippen MR) is 114 cm³/mol. The summed E-state index contributed by atoms with van der Waals surface area (Å²) < 4.78 is 0. The van der Waals surface area contributed by atoms with E-state index in [-0.39, 0.29) is 17.4 Å². The number of nitro benzene ring substituents is 1. The number of benzene rings is 2. The summed E-state index contributed by atoms with van der Waals surface area (Å²) in [6.07, 6.45) is 3.83. The molecule has 1 unspecified atom stereocenters. The maximum Gasteiger partial charge on any atom is 0.319 e. The summed E-state index contributed by atoms with van der Waals surface area (Å²) in [5.74, 6) is 0.531. The number of amides is 2. The molecule has 2 N–H and O–H groups in total. The van der Waals surface area contributed by atoms with Crippen molar-refractivity contribution in [2.45, 2.75) is 37.8 Å². The van der Waals surface area contributed by atoms with E-state index in [9.17, 15) is 14.9 Å². The van der Waals surface area contributed by atoms with Gasteiger partial charge in [0.15, 0.2) is 0 Å². The fourth-order valence-electron chi connectivity index (χ4n) is 4.30. The molecule has 7 heteroatoms. The van der Waals surface area contributed by atoms with Crippen LogP contribution in [-0.2, 0) is 0 Å². The van der Waals surface area contributed by atoms with Crippen LogP contribution >= 0.6 is 0 Å². The van der Waals surface area contributed by atoms with Gasteiger partial charge in [-0.3, -0.25) is 10.1 Å². The van der Waals surface area contributed by atoms with Gasteiger partial charge in [-0.05, 0) is 57.3 Å². The van der Waals surface area contributed by atoms with Crippen LogP contribution in [0.4, 0.5) is 16.2 Å². The number of nitro groups is 1. The molecule has 29 heavy (non-hydrogen) atoms. The van der Waals surface area contributed by atoms with Crippen LogP contribution in [0.15, 0.2) is 54.6 Å². The Labute approximate surface area is 171 Å². The van der Waals surface area contributed by atoms with E-state index in [1.165, 1.54) is 17.7 Å². The number of hydrogen-bond donors (Lipinski definition) is 2. The second-order valence-electron chi connectivity index (χ2n) is 7.80. The van der Waals surface area contributed by atoms with Gasteiger partial charge in [0, 0.05) is 18.2 Å². The fraction of sp³-hybridized carbons (Fsp3) is 0.409. The maximum absolute atomic E-state index is 12.3. The van der Waals surface area contributed by atoms with Crippen molar-refractivity contribution in [3.05, 3.63) is 70.3 Å². The number of rotatable bonds is 6. The summed E-state index contributed by atoms with van der Waals surface area (Å²) in [6, 6.07) is 16.7. The fourth-order valence-corrected chi connectivity index (χ4v) is 4.30. The first-order chi connectivity index (χ1) is 14.0. The third-order valence-corrected chi connectivity index (χ3v) is 5.60. The van der Waals surface area contributed by atoms with Crippen LogP contribution in [0.5, 0.6) is 0 Å². The Hall–Kier alpha value is -2.93. The van der Waals surface area contributed by atoms with Crippen LogP contribution in [-0.4, -0.2) is 36.0 Å². The molecule has 2 aromatic carbocycles. The van der Waals surface area contributed by atoms with E-state index in [4.69, 9.17) is 0 Å². The molecular weight excluding hydrogens is 368 g/mol. The summed E-state index contributed by atoms with van der Waals surface area (Å²) in [5, 5.41) is 16.7. The Morgan fingerprint density at radius 3 is 2.28 bits per heavy atom. The smallest absolute Gasteiger partial charge is 0.319 e. The van der Waals surface area contributed by atoms with E-state index in [0.29, 0.717) is 12.0 Å². The largest absolute Gasteiger partial charge is 0.335 e. The molecule has 2 amide bonds. The van der Waals surface area contributed by atoms with Gasteiger partial charge in [0.25, 0.3) is 5.69 Å². The quantitative estimate of drug-likeness (QED) is 0.553. The van der Waals surface area contributed by atoms with Crippen molar-refractivity contribution in [1.29, 1.82) is 0 Å². The maximum atomic E-state index is 12.3. The molecule has 0 aromatic heterocycles. The number of urea groups is 1. The van der Waals surface area contributed by atoms with Gasteiger partial charge in [0.1, 0.15) is 5.69 Å². The number of anilines is 1. The van der Waals surface area contributed by atoms with E-state index in [2.05, 4.69) is 53.9 Å². The van der Waals surface area contributed by atoms with Crippen molar-refractivity contribution in [2.24, 2.45) is 5.92 Å². The van der Waals surface area contributed by atoms with Crippen molar-refractivity contribution in [2.75, 3.05) is 19.4 Å². The van der Waals surface area contributed by atoms with Crippen LogP contribution in [0, 0.1) is 16.0 Å². The standard InChI is InChI=1S/C22H28N4O3/c1-25(2)21(16-8-4-3-5-9-16)17-12-14-18(15-13-17)23-22(27)24-19-10-6-7-11-20(19)26(28)29/h3-11,17-18,21H,12-15H2,1-2H3,(H2,23,24,27). The van der Waals surface area contributed by atoms with Gasteiger partial charge >= 0.3 is 6.03 Å². The SMILES string of the molecule is CN(C)C(c1ccccc1)C1CCC(NC(=O)Nc2ccccc2[N+](=O)[O-])CC1. The molecule has 1 aliphatic carbocycles. The molecule has 0 aliphatic heterocycles. The molecule has 1 saturated carbocycles. The van der Waals surface area contributed by atoms with Gasteiger partial charge in [-0.2, -0.15) is 0 Å². The first-order valence-electron chi connectivity index (χ1n) is 9.98. The Kier molecular flexibility index (Phi) is 6.82. The summed E-state index contributed by atoms with van der Waals surface area (Å²) in [6.45, 7) is 0. The third-order valence-electron chi connectivity index (χ3n) is 5.60. The summed E-state index contributed by atoms with van der Waals surface area (Å²) in [4.78, 5) is 25.2. The van der Waals surface area contributed by atoms with Gasteiger partial charge in [-0.1, -0.05) is 42.5 Å². The normalized spacial score (nSPS) is 20.1. The lowest BCUT2D eigenvalue weighted by molar-refractivity contribution is -0.383. The van der Waals surface area contributed by atoms with E-state index < -0.39 is 11.0 Å². The van der Waals surface area contributed by atoms with Crippen molar-refractivity contribution in [1.82, 2.24) is 10.2 Å². The van der Waals surface area contributed by atoms with E-state index >= 15 is 0 Å². The second-order valence-corrected chi connectivity index (χ2v) is 7.80. The van der Waals surface area contributed by atoms with Gasteiger partial charge in [0.2, 0.25) is 0 Å². The topological polar surface area (TPSA) is 87.5 Å². The summed E-state index contributed by atoms with van der Waals surface area (Å²) >= 11 is 0. The monoisotopic (exact) mass is 396 g/mol. The zero-order chi connectivity index (χ0) is 20.8. The molecule has 3 rings (SSSR count). The van der Waals surface area contributed by atoms with Crippen molar-refractivity contribution >= 4 is 17.4 Å². The molecule has 1 aliphatic rings. The molecule has 0 saturated heterocycles. The molecule has 1 atom stereocenters. The highest BCUT2D eigenvalue weighted by molar-refractivity contribution is 5.91. The average molecular weight is 396 g/mol. The molecule has 0 radical (unpaired) electrons. The summed E-state index contributed by atoms with van der Waals surface area (Å²) in [5.41, 5.74) is 1.42. The van der Waals surface area contributed by atoms with Crippen LogP contribution in [0.3, 0.4) is 0 Å². The van der Waals surface area contributed by atoms with Crippen molar-refractivity contribution < 1.29 is 9.72 Å². The minimum atomic E-state index is -0.494. The molecular formula is C22H28N4O3. The molecule has 0 bridgehead atoms. The highest BCUT2D eigenvalue weighted by Gasteiger charge is 2.30. The lowest BCUT2D eigenvalue weighted by Crippen LogP contribution is -2.41. The first-order valence-corrected chi connectivity index (χ1v) is 9.98. The predicted octanol–water partition coefficient (Wildman–Crippen LogP) is 4.58. The first kappa shape index (κ1) is 20.8. The minimum Gasteiger partial charge on any atom is -0.335 e. The van der Waals surface area contributed by atoms with E-state index in [1.54, 1.807) is 12.1 Å². The number of nitrogens with zero attached hydrogens (tertiary/aromatic N) is 2. The Balaban J connectivity index is 1.56. The minimum absolute atomic E-state index is 0.0765. The second kappa shape index (κ2) is 9.52. The molecule has 1 fully saturated rings. The van der Waals surface area contributed by atoms with E-state index in [1.807, 2.05) is 6.07 Å². The Morgan fingerprint density at radius 2 is 1.66 bits per heavy atom.